The monoisotopic (exact) mass is 441 g/mol. The van der Waals surface area contributed by atoms with Gasteiger partial charge in [-0.25, -0.2) is 8.91 Å². The average Bonchev–Trinajstić information content (AvgIpc) is 3.24. The SMILES string of the molecule is Cc1ccc2c(c1)n(Cc1cccc(F)c1)c(=O)c1nc(C(=O)Nc3ccccc3C)nn12. The van der Waals surface area contributed by atoms with Crippen molar-refractivity contribution in [2.75, 3.05) is 5.32 Å². The van der Waals surface area contributed by atoms with Gasteiger partial charge >= 0.3 is 0 Å². The van der Waals surface area contributed by atoms with Crippen LogP contribution >= 0.6 is 0 Å². The van der Waals surface area contributed by atoms with Crippen molar-refractivity contribution in [1.29, 1.82) is 0 Å². The fourth-order valence-electron chi connectivity index (χ4n) is 3.84. The number of benzene rings is 3. The van der Waals surface area contributed by atoms with Crippen molar-refractivity contribution in [2.24, 2.45) is 0 Å². The molecule has 3 aromatic carbocycles. The zero-order valence-electron chi connectivity index (χ0n) is 18.0. The van der Waals surface area contributed by atoms with Crippen LogP contribution in [0.15, 0.2) is 71.5 Å². The van der Waals surface area contributed by atoms with Crippen molar-refractivity contribution in [3.8, 4) is 0 Å². The Labute approximate surface area is 188 Å². The number of amides is 1. The summed E-state index contributed by atoms with van der Waals surface area (Å²) in [7, 11) is 0. The third kappa shape index (κ3) is 3.76. The van der Waals surface area contributed by atoms with E-state index in [2.05, 4.69) is 15.4 Å². The maximum Gasteiger partial charge on any atom is 0.296 e. The van der Waals surface area contributed by atoms with Gasteiger partial charge in [0.1, 0.15) is 5.82 Å². The van der Waals surface area contributed by atoms with Gasteiger partial charge in [0.25, 0.3) is 11.5 Å². The summed E-state index contributed by atoms with van der Waals surface area (Å²) >= 11 is 0. The largest absolute Gasteiger partial charge is 0.319 e. The van der Waals surface area contributed by atoms with Crippen molar-refractivity contribution in [2.45, 2.75) is 20.4 Å². The second-order valence-corrected chi connectivity index (χ2v) is 7.95. The number of nitrogens with one attached hydrogen (secondary N) is 1. The minimum absolute atomic E-state index is 0.0256. The van der Waals surface area contributed by atoms with Gasteiger partial charge in [0.05, 0.1) is 17.6 Å². The zero-order valence-corrected chi connectivity index (χ0v) is 18.0. The Balaban J connectivity index is 1.66. The highest BCUT2D eigenvalue weighted by atomic mass is 19.1. The molecule has 0 fully saturated rings. The number of carbonyl (C=O) groups excluding carboxylic acids is 1. The van der Waals surface area contributed by atoms with Crippen LogP contribution in [0.4, 0.5) is 10.1 Å². The van der Waals surface area contributed by atoms with E-state index >= 15 is 0 Å². The number of para-hydroxylation sites is 1. The van der Waals surface area contributed by atoms with Gasteiger partial charge < -0.3 is 5.32 Å². The van der Waals surface area contributed by atoms with Crippen LogP contribution < -0.4 is 10.9 Å². The maximum absolute atomic E-state index is 13.7. The fraction of sp³-hybridized carbons (Fsp3) is 0.120. The van der Waals surface area contributed by atoms with Crippen LogP contribution in [0.2, 0.25) is 0 Å². The maximum atomic E-state index is 13.7. The molecular weight excluding hydrogens is 421 g/mol. The lowest BCUT2D eigenvalue weighted by Crippen LogP contribution is -2.24. The minimum atomic E-state index is -0.510. The van der Waals surface area contributed by atoms with Gasteiger partial charge in [-0.15, -0.1) is 5.10 Å². The molecule has 0 saturated carbocycles. The molecule has 0 aliphatic rings. The quantitative estimate of drug-likeness (QED) is 0.455. The molecule has 0 unspecified atom stereocenters. The number of hydrogen-bond acceptors (Lipinski definition) is 4. The lowest BCUT2D eigenvalue weighted by molar-refractivity contribution is 0.101. The summed E-state index contributed by atoms with van der Waals surface area (Å²) in [6.45, 7) is 3.96. The van der Waals surface area contributed by atoms with Crippen molar-refractivity contribution >= 4 is 28.3 Å². The van der Waals surface area contributed by atoms with E-state index in [1.165, 1.54) is 21.2 Å². The average molecular weight is 441 g/mol. The third-order valence-corrected chi connectivity index (χ3v) is 5.52. The van der Waals surface area contributed by atoms with E-state index in [1.807, 2.05) is 50.2 Å². The van der Waals surface area contributed by atoms with Crippen LogP contribution in [0, 0.1) is 19.7 Å². The fourth-order valence-corrected chi connectivity index (χ4v) is 3.84. The van der Waals surface area contributed by atoms with Crippen molar-refractivity contribution in [3.05, 3.63) is 105 Å². The van der Waals surface area contributed by atoms with E-state index in [0.29, 0.717) is 22.3 Å². The highest BCUT2D eigenvalue weighted by Crippen LogP contribution is 2.19. The Morgan fingerprint density at radius 3 is 2.61 bits per heavy atom. The van der Waals surface area contributed by atoms with Crippen molar-refractivity contribution in [3.63, 3.8) is 0 Å². The molecule has 0 aliphatic carbocycles. The second kappa shape index (κ2) is 7.98. The predicted octanol–water partition coefficient (Wildman–Crippen LogP) is 4.10. The summed E-state index contributed by atoms with van der Waals surface area (Å²) in [5, 5.41) is 7.14. The van der Waals surface area contributed by atoms with Gasteiger partial charge in [0.15, 0.2) is 0 Å². The molecule has 2 aromatic heterocycles. The molecule has 0 saturated heterocycles. The molecule has 0 radical (unpaired) electrons. The molecule has 7 nitrogen and oxygen atoms in total. The molecule has 2 heterocycles. The molecule has 1 N–H and O–H groups in total. The number of nitrogens with zero attached hydrogens (tertiary/aromatic N) is 4. The number of hydrogen-bond donors (Lipinski definition) is 1. The Hall–Kier alpha value is -4.33. The number of rotatable bonds is 4. The van der Waals surface area contributed by atoms with E-state index in [9.17, 15) is 14.0 Å². The Morgan fingerprint density at radius 1 is 1.00 bits per heavy atom. The molecule has 1 amide bonds. The Morgan fingerprint density at radius 2 is 1.82 bits per heavy atom. The predicted molar refractivity (Wildman–Crippen MR) is 124 cm³/mol. The van der Waals surface area contributed by atoms with Gasteiger partial charge in [-0.1, -0.05) is 36.4 Å². The molecule has 0 aliphatic heterocycles. The molecule has 8 heteroatoms. The third-order valence-electron chi connectivity index (χ3n) is 5.52. The molecular formula is C25H20FN5O2. The van der Waals surface area contributed by atoms with Gasteiger partial charge in [-0.3, -0.25) is 14.2 Å². The van der Waals surface area contributed by atoms with Crippen LogP contribution in [0.1, 0.15) is 27.3 Å². The summed E-state index contributed by atoms with van der Waals surface area (Å²) in [6.07, 6.45) is 0. The van der Waals surface area contributed by atoms with E-state index in [4.69, 9.17) is 0 Å². The first-order valence-corrected chi connectivity index (χ1v) is 10.4. The topological polar surface area (TPSA) is 81.3 Å². The van der Waals surface area contributed by atoms with E-state index < -0.39 is 11.5 Å². The van der Waals surface area contributed by atoms with Gasteiger partial charge in [0.2, 0.25) is 11.5 Å². The minimum Gasteiger partial charge on any atom is -0.319 e. The normalized spacial score (nSPS) is 11.2. The molecule has 0 spiro atoms. The van der Waals surface area contributed by atoms with Crippen LogP contribution in [-0.4, -0.2) is 25.1 Å². The molecule has 5 aromatic rings. The smallest absolute Gasteiger partial charge is 0.296 e. The number of aromatic nitrogens is 4. The Bertz CT molecular complexity index is 1600. The van der Waals surface area contributed by atoms with Crippen LogP contribution in [-0.2, 0) is 6.54 Å². The first-order chi connectivity index (χ1) is 15.9. The number of aryl methyl sites for hydroxylation is 2. The van der Waals surface area contributed by atoms with Gasteiger partial charge in [-0.2, -0.15) is 4.98 Å². The number of halogens is 1. The van der Waals surface area contributed by atoms with Crippen LogP contribution in [0.3, 0.4) is 0 Å². The molecule has 164 valence electrons. The summed E-state index contributed by atoms with van der Waals surface area (Å²) < 4.78 is 16.7. The summed E-state index contributed by atoms with van der Waals surface area (Å²) in [5.41, 5.74) is 3.98. The first-order valence-electron chi connectivity index (χ1n) is 10.4. The van der Waals surface area contributed by atoms with Gasteiger partial charge in [-0.05, 0) is 60.9 Å². The highest BCUT2D eigenvalue weighted by molar-refractivity contribution is 6.02. The Kier molecular flexibility index (Phi) is 4.97. The van der Waals surface area contributed by atoms with E-state index in [-0.39, 0.29) is 23.8 Å². The van der Waals surface area contributed by atoms with E-state index in [0.717, 1.165) is 11.1 Å². The number of anilines is 1. The highest BCUT2D eigenvalue weighted by Gasteiger charge is 2.20. The van der Waals surface area contributed by atoms with Crippen molar-refractivity contribution < 1.29 is 9.18 Å². The van der Waals surface area contributed by atoms with Crippen molar-refractivity contribution in [1.82, 2.24) is 19.2 Å². The molecule has 0 bridgehead atoms. The summed E-state index contributed by atoms with van der Waals surface area (Å²) in [5.74, 6) is -0.996. The molecule has 5 rings (SSSR count). The summed E-state index contributed by atoms with van der Waals surface area (Å²) in [4.78, 5) is 30.5. The van der Waals surface area contributed by atoms with Crippen LogP contribution in [0.5, 0.6) is 0 Å². The lowest BCUT2D eigenvalue weighted by Gasteiger charge is -2.12. The molecule has 33 heavy (non-hydrogen) atoms. The first kappa shape index (κ1) is 20.6. The lowest BCUT2D eigenvalue weighted by atomic mass is 10.2. The van der Waals surface area contributed by atoms with Gasteiger partial charge in [0, 0.05) is 5.69 Å². The number of fused-ring (bicyclic) bond motifs is 3. The summed E-state index contributed by atoms with van der Waals surface area (Å²) in [6, 6.07) is 19.1. The zero-order chi connectivity index (χ0) is 23.1. The van der Waals surface area contributed by atoms with E-state index in [1.54, 1.807) is 18.2 Å². The second-order valence-electron chi connectivity index (χ2n) is 7.95. The standard InChI is InChI=1S/C25H20FN5O2/c1-15-10-11-20-21(12-15)30(14-17-7-5-8-18(26)13-17)25(33)23-28-22(29-31(20)23)24(32)27-19-9-4-3-6-16(19)2/h3-13H,14H2,1-2H3,(H,27,32). The molecule has 0 atom stereocenters. The van der Waals surface area contributed by atoms with Crippen LogP contribution in [0.25, 0.3) is 16.7 Å². The number of carbonyl (C=O) groups is 1.